The van der Waals surface area contributed by atoms with E-state index in [1.165, 1.54) is 6.07 Å². The van der Waals surface area contributed by atoms with Crippen molar-refractivity contribution in [2.24, 2.45) is 0 Å². The summed E-state index contributed by atoms with van der Waals surface area (Å²) < 4.78 is 16.3. The Kier molecular flexibility index (Phi) is 3.38. The quantitative estimate of drug-likeness (QED) is 0.891. The summed E-state index contributed by atoms with van der Waals surface area (Å²) in [6.45, 7) is 1.69. The molecule has 1 heterocycles. The highest BCUT2D eigenvalue weighted by Gasteiger charge is 2.27. The van der Waals surface area contributed by atoms with Crippen molar-refractivity contribution in [3.8, 4) is 0 Å². The lowest BCUT2D eigenvalue weighted by Crippen LogP contribution is -2.16. The van der Waals surface area contributed by atoms with Gasteiger partial charge in [0.1, 0.15) is 11.5 Å². The standard InChI is InChI=1S/C15H14BrFN2O/c1-9-2-3-11(7-13(9)17)18-15(20)14-6-10(16)8-19(14)12-4-5-12/h2-3,6-8,12H,4-5H2,1H3,(H,18,20). The van der Waals surface area contributed by atoms with Crippen molar-refractivity contribution in [1.82, 2.24) is 4.57 Å². The Hall–Kier alpha value is -1.62. The van der Waals surface area contributed by atoms with E-state index in [-0.39, 0.29) is 11.7 Å². The first-order chi connectivity index (χ1) is 9.54. The number of aromatic nitrogens is 1. The molecule has 0 atom stereocenters. The van der Waals surface area contributed by atoms with Gasteiger partial charge >= 0.3 is 0 Å². The molecule has 1 amide bonds. The van der Waals surface area contributed by atoms with Crippen LogP contribution in [0.5, 0.6) is 0 Å². The molecule has 2 aromatic rings. The van der Waals surface area contributed by atoms with Gasteiger partial charge in [-0.3, -0.25) is 4.79 Å². The smallest absolute Gasteiger partial charge is 0.272 e. The fraction of sp³-hybridized carbons (Fsp3) is 0.267. The first-order valence-electron chi connectivity index (χ1n) is 6.49. The third-order valence-corrected chi connectivity index (χ3v) is 3.85. The molecule has 1 aliphatic carbocycles. The topological polar surface area (TPSA) is 34.0 Å². The lowest BCUT2D eigenvalue weighted by molar-refractivity contribution is 0.101. The van der Waals surface area contributed by atoms with Crippen molar-refractivity contribution in [2.45, 2.75) is 25.8 Å². The van der Waals surface area contributed by atoms with E-state index in [1.54, 1.807) is 25.1 Å². The third kappa shape index (κ3) is 2.63. The van der Waals surface area contributed by atoms with Gasteiger partial charge in [-0.05, 0) is 59.5 Å². The molecule has 0 aliphatic heterocycles. The fourth-order valence-corrected chi connectivity index (χ4v) is 2.59. The normalized spacial score (nSPS) is 14.3. The van der Waals surface area contributed by atoms with Gasteiger partial charge in [0.15, 0.2) is 0 Å². The number of amides is 1. The molecule has 1 N–H and O–H groups in total. The van der Waals surface area contributed by atoms with Gasteiger partial charge in [0.25, 0.3) is 5.91 Å². The summed E-state index contributed by atoms with van der Waals surface area (Å²) in [5, 5.41) is 2.74. The minimum Gasteiger partial charge on any atom is -0.339 e. The maximum atomic E-state index is 13.5. The van der Waals surface area contributed by atoms with Gasteiger partial charge in [0.05, 0.1) is 0 Å². The molecule has 0 saturated heterocycles. The number of carbonyl (C=O) groups is 1. The molecule has 1 aliphatic rings. The van der Waals surface area contributed by atoms with E-state index in [4.69, 9.17) is 0 Å². The summed E-state index contributed by atoms with van der Waals surface area (Å²) in [7, 11) is 0. The molecule has 3 nitrogen and oxygen atoms in total. The van der Waals surface area contributed by atoms with Crippen LogP contribution in [0.3, 0.4) is 0 Å². The van der Waals surface area contributed by atoms with E-state index >= 15 is 0 Å². The molecular formula is C15H14BrFN2O. The van der Waals surface area contributed by atoms with Crippen molar-refractivity contribution in [3.63, 3.8) is 0 Å². The lowest BCUT2D eigenvalue weighted by atomic mass is 10.2. The second-order valence-corrected chi connectivity index (χ2v) is 6.02. The summed E-state index contributed by atoms with van der Waals surface area (Å²) in [6.07, 6.45) is 4.11. The molecule has 3 rings (SSSR count). The van der Waals surface area contributed by atoms with Gasteiger partial charge in [0, 0.05) is 22.4 Å². The van der Waals surface area contributed by atoms with Crippen LogP contribution in [0, 0.1) is 12.7 Å². The molecular weight excluding hydrogens is 323 g/mol. The van der Waals surface area contributed by atoms with Crippen LogP contribution in [-0.2, 0) is 0 Å². The van der Waals surface area contributed by atoms with E-state index in [0.717, 1.165) is 17.3 Å². The minimum atomic E-state index is -0.318. The molecule has 1 fully saturated rings. The van der Waals surface area contributed by atoms with Crippen molar-refractivity contribution in [1.29, 1.82) is 0 Å². The molecule has 1 saturated carbocycles. The zero-order valence-electron chi connectivity index (χ0n) is 11.0. The first-order valence-corrected chi connectivity index (χ1v) is 7.29. The van der Waals surface area contributed by atoms with Gasteiger partial charge in [-0.1, -0.05) is 6.07 Å². The fourth-order valence-electron chi connectivity index (χ4n) is 2.15. The van der Waals surface area contributed by atoms with Gasteiger partial charge < -0.3 is 9.88 Å². The molecule has 104 valence electrons. The Morgan fingerprint density at radius 3 is 2.80 bits per heavy atom. The number of carbonyl (C=O) groups excluding carboxylic acids is 1. The van der Waals surface area contributed by atoms with Crippen molar-refractivity contribution < 1.29 is 9.18 Å². The minimum absolute atomic E-state index is 0.217. The molecule has 5 heteroatoms. The monoisotopic (exact) mass is 336 g/mol. The van der Waals surface area contributed by atoms with E-state index < -0.39 is 0 Å². The molecule has 0 spiro atoms. The van der Waals surface area contributed by atoms with Gasteiger partial charge in [0.2, 0.25) is 0 Å². The predicted molar refractivity (Wildman–Crippen MR) is 79.5 cm³/mol. The van der Waals surface area contributed by atoms with Crippen LogP contribution < -0.4 is 5.32 Å². The average molecular weight is 337 g/mol. The third-order valence-electron chi connectivity index (χ3n) is 3.42. The summed E-state index contributed by atoms with van der Waals surface area (Å²) in [4.78, 5) is 12.3. The van der Waals surface area contributed by atoms with Gasteiger partial charge in [-0.2, -0.15) is 0 Å². The van der Waals surface area contributed by atoms with Crippen LogP contribution in [0.1, 0.15) is 34.9 Å². The van der Waals surface area contributed by atoms with Crippen molar-refractivity contribution >= 4 is 27.5 Å². The Morgan fingerprint density at radius 1 is 1.40 bits per heavy atom. The largest absolute Gasteiger partial charge is 0.339 e. The van der Waals surface area contributed by atoms with Gasteiger partial charge in [-0.25, -0.2) is 4.39 Å². The maximum absolute atomic E-state index is 13.5. The number of benzene rings is 1. The number of halogens is 2. The average Bonchev–Trinajstić information content (AvgIpc) is 3.17. The van der Waals surface area contributed by atoms with Gasteiger partial charge in [-0.15, -0.1) is 0 Å². The highest BCUT2D eigenvalue weighted by atomic mass is 79.9. The zero-order chi connectivity index (χ0) is 14.3. The summed E-state index contributed by atoms with van der Waals surface area (Å²) in [6, 6.07) is 6.90. The van der Waals surface area contributed by atoms with Crippen molar-refractivity contribution in [2.75, 3.05) is 5.32 Å². The molecule has 20 heavy (non-hydrogen) atoms. The van der Waals surface area contributed by atoms with Crippen LogP contribution in [0.25, 0.3) is 0 Å². The first kappa shape index (κ1) is 13.4. The predicted octanol–water partition coefficient (Wildman–Crippen LogP) is 4.29. The number of aryl methyl sites for hydroxylation is 1. The highest BCUT2D eigenvalue weighted by Crippen LogP contribution is 2.37. The highest BCUT2D eigenvalue weighted by molar-refractivity contribution is 9.10. The molecule has 0 bridgehead atoms. The van der Waals surface area contributed by atoms with Crippen molar-refractivity contribution in [3.05, 3.63) is 52.0 Å². The molecule has 0 radical (unpaired) electrons. The van der Waals surface area contributed by atoms with Crippen LogP contribution in [0.4, 0.5) is 10.1 Å². The number of anilines is 1. The van der Waals surface area contributed by atoms with E-state index in [0.29, 0.717) is 23.0 Å². The molecule has 0 unspecified atom stereocenters. The number of nitrogens with zero attached hydrogens (tertiary/aromatic N) is 1. The summed E-state index contributed by atoms with van der Waals surface area (Å²) >= 11 is 3.39. The molecule has 1 aromatic carbocycles. The van der Waals surface area contributed by atoms with Crippen LogP contribution >= 0.6 is 15.9 Å². The zero-order valence-corrected chi connectivity index (χ0v) is 12.6. The summed E-state index contributed by atoms with van der Waals surface area (Å²) in [5.41, 5.74) is 1.63. The number of nitrogens with one attached hydrogen (secondary N) is 1. The number of hydrogen-bond acceptors (Lipinski definition) is 1. The van der Waals surface area contributed by atoms with Crippen LogP contribution in [0.15, 0.2) is 34.9 Å². The molecule has 1 aromatic heterocycles. The second kappa shape index (κ2) is 5.05. The number of rotatable bonds is 3. The Labute approximate surface area is 124 Å². The Morgan fingerprint density at radius 2 is 2.15 bits per heavy atom. The SMILES string of the molecule is Cc1ccc(NC(=O)c2cc(Br)cn2C2CC2)cc1F. The van der Waals surface area contributed by atoms with E-state index in [2.05, 4.69) is 21.2 Å². The maximum Gasteiger partial charge on any atom is 0.272 e. The van der Waals surface area contributed by atoms with Crippen LogP contribution in [-0.4, -0.2) is 10.5 Å². The lowest BCUT2D eigenvalue weighted by Gasteiger charge is -2.09. The number of hydrogen-bond donors (Lipinski definition) is 1. The van der Waals surface area contributed by atoms with E-state index in [1.807, 2.05) is 10.8 Å². The Bertz CT molecular complexity index is 677. The summed E-state index contributed by atoms with van der Waals surface area (Å²) in [5.74, 6) is -0.535. The second-order valence-electron chi connectivity index (χ2n) is 5.10. The van der Waals surface area contributed by atoms with Crippen LogP contribution in [0.2, 0.25) is 0 Å². The Balaban J connectivity index is 1.84. The van der Waals surface area contributed by atoms with E-state index in [9.17, 15) is 9.18 Å².